The van der Waals surface area contributed by atoms with Crippen LogP contribution in [0.2, 0.25) is 0 Å². The Balaban J connectivity index is 2.34. The van der Waals surface area contributed by atoms with E-state index >= 15 is 0 Å². The average molecular weight is 257 g/mol. The summed E-state index contributed by atoms with van der Waals surface area (Å²) < 4.78 is 11.9. The second-order valence-electron chi connectivity index (χ2n) is 4.05. The molecule has 19 heavy (non-hydrogen) atoms. The number of benzene rings is 1. The van der Waals surface area contributed by atoms with E-state index in [0.717, 1.165) is 0 Å². The minimum Gasteiger partial charge on any atom is -0.462 e. The summed E-state index contributed by atoms with van der Waals surface area (Å²) in [5.74, 6) is -0.0176. The third-order valence-electron chi connectivity index (χ3n) is 2.93. The number of ether oxygens (including phenoxy) is 2. The first-order chi connectivity index (χ1) is 9.22. The molecule has 0 radical (unpaired) electrons. The minimum atomic E-state index is -0.608. The van der Waals surface area contributed by atoms with Crippen molar-refractivity contribution in [3.63, 3.8) is 0 Å². The van der Waals surface area contributed by atoms with Gasteiger partial charge in [-0.1, -0.05) is 6.07 Å². The van der Waals surface area contributed by atoms with Crippen molar-refractivity contribution in [2.45, 2.75) is 6.92 Å². The fourth-order valence-electron chi connectivity index (χ4n) is 2.12. The molecule has 0 unspecified atom stereocenters. The number of hydrogen-bond donors (Lipinski definition) is 0. The number of rotatable bonds is 2. The smallest absolute Gasteiger partial charge is 0.343 e. The van der Waals surface area contributed by atoms with Gasteiger partial charge in [0.2, 0.25) is 5.43 Å². The zero-order valence-electron chi connectivity index (χ0n) is 10.3. The molecule has 0 N–H and O–H groups in total. The topological polar surface area (TPSA) is 57.5 Å². The fraction of sp³-hybridized carbons (Fsp3) is 0.143. The van der Waals surface area contributed by atoms with E-state index in [0.29, 0.717) is 16.7 Å². The number of esters is 1. The van der Waals surface area contributed by atoms with Crippen molar-refractivity contribution in [1.82, 2.24) is 4.57 Å². The maximum absolute atomic E-state index is 12.3. The summed E-state index contributed by atoms with van der Waals surface area (Å²) >= 11 is 0. The zero-order valence-corrected chi connectivity index (χ0v) is 10.3. The number of carbonyl (C=O) groups is 1. The van der Waals surface area contributed by atoms with Gasteiger partial charge in [0.1, 0.15) is 11.8 Å². The van der Waals surface area contributed by atoms with Crippen LogP contribution < -0.4 is 10.2 Å². The van der Waals surface area contributed by atoms with E-state index in [1.165, 1.54) is 12.5 Å². The molecule has 96 valence electrons. The molecule has 0 atom stereocenters. The molecule has 5 nitrogen and oxygen atoms in total. The normalized spacial score (nSPS) is 12.3. The fourth-order valence-corrected chi connectivity index (χ4v) is 2.12. The van der Waals surface area contributed by atoms with Crippen molar-refractivity contribution in [2.75, 3.05) is 6.61 Å². The van der Waals surface area contributed by atoms with Gasteiger partial charge < -0.3 is 14.0 Å². The summed E-state index contributed by atoms with van der Waals surface area (Å²) in [7, 11) is 0. The molecule has 0 amide bonds. The second kappa shape index (κ2) is 4.28. The van der Waals surface area contributed by atoms with Crippen LogP contribution >= 0.6 is 0 Å². The quantitative estimate of drug-likeness (QED) is 0.772. The molecule has 2 aromatic rings. The van der Waals surface area contributed by atoms with Gasteiger partial charge >= 0.3 is 5.97 Å². The Morgan fingerprint density at radius 3 is 3.05 bits per heavy atom. The lowest BCUT2D eigenvalue weighted by atomic mass is 10.1. The molecule has 0 saturated carbocycles. The number of pyridine rings is 1. The molecule has 1 aliphatic rings. The Morgan fingerprint density at radius 2 is 2.26 bits per heavy atom. The zero-order chi connectivity index (χ0) is 13.4. The van der Waals surface area contributed by atoms with E-state index in [1.54, 1.807) is 35.9 Å². The highest BCUT2D eigenvalue weighted by molar-refractivity contribution is 5.96. The molecule has 2 heterocycles. The van der Waals surface area contributed by atoms with Crippen molar-refractivity contribution < 1.29 is 14.3 Å². The maximum atomic E-state index is 12.3. The number of carbonyl (C=O) groups excluding carboxylic acids is 1. The summed E-state index contributed by atoms with van der Waals surface area (Å²) in [6.07, 6.45) is 4.63. The lowest BCUT2D eigenvalue weighted by Gasteiger charge is -2.15. The predicted molar refractivity (Wildman–Crippen MR) is 70.1 cm³/mol. The maximum Gasteiger partial charge on any atom is 0.343 e. The van der Waals surface area contributed by atoms with Gasteiger partial charge in [-0.2, -0.15) is 0 Å². The highest BCUT2D eigenvalue weighted by Crippen LogP contribution is 2.27. The van der Waals surface area contributed by atoms with Crippen LogP contribution in [-0.4, -0.2) is 17.1 Å². The van der Waals surface area contributed by atoms with Gasteiger partial charge in [-0.3, -0.25) is 4.79 Å². The van der Waals surface area contributed by atoms with E-state index < -0.39 is 5.97 Å². The van der Waals surface area contributed by atoms with E-state index in [-0.39, 0.29) is 17.6 Å². The van der Waals surface area contributed by atoms with E-state index in [1.807, 2.05) is 0 Å². The lowest BCUT2D eigenvalue weighted by molar-refractivity contribution is 0.0524. The SMILES string of the molecule is CCOC(=O)c1cn2c3c(cccc3c1=O)OC=C2. The van der Waals surface area contributed by atoms with E-state index in [4.69, 9.17) is 9.47 Å². The summed E-state index contributed by atoms with van der Waals surface area (Å²) in [5, 5.41) is 0.437. The monoisotopic (exact) mass is 257 g/mol. The molecule has 0 saturated heterocycles. The van der Waals surface area contributed by atoms with Crippen LogP contribution in [0.1, 0.15) is 17.3 Å². The molecule has 3 rings (SSSR count). The van der Waals surface area contributed by atoms with Crippen molar-refractivity contribution in [1.29, 1.82) is 0 Å². The number of aromatic nitrogens is 1. The van der Waals surface area contributed by atoms with Crippen LogP contribution in [0.5, 0.6) is 5.75 Å². The van der Waals surface area contributed by atoms with Crippen LogP contribution in [0.25, 0.3) is 17.1 Å². The van der Waals surface area contributed by atoms with Crippen LogP contribution in [0.3, 0.4) is 0 Å². The largest absolute Gasteiger partial charge is 0.462 e. The van der Waals surface area contributed by atoms with Gasteiger partial charge in [0, 0.05) is 12.4 Å². The van der Waals surface area contributed by atoms with Gasteiger partial charge in [0.25, 0.3) is 0 Å². The van der Waals surface area contributed by atoms with Crippen LogP contribution in [-0.2, 0) is 4.74 Å². The van der Waals surface area contributed by atoms with Crippen LogP contribution in [0, 0.1) is 0 Å². The molecular weight excluding hydrogens is 246 g/mol. The molecule has 1 aromatic heterocycles. The highest BCUT2D eigenvalue weighted by Gasteiger charge is 2.19. The first-order valence-electron chi connectivity index (χ1n) is 5.90. The lowest BCUT2D eigenvalue weighted by Crippen LogP contribution is -2.20. The third-order valence-corrected chi connectivity index (χ3v) is 2.93. The van der Waals surface area contributed by atoms with Gasteiger partial charge in [0.05, 0.1) is 17.5 Å². The molecule has 5 heteroatoms. The first kappa shape index (κ1) is 11.5. The Kier molecular flexibility index (Phi) is 2.59. The Labute approximate surface area is 108 Å². The van der Waals surface area contributed by atoms with Gasteiger partial charge in [0.15, 0.2) is 5.75 Å². The van der Waals surface area contributed by atoms with Gasteiger partial charge in [-0.15, -0.1) is 0 Å². The Morgan fingerprint density at radius 1 is 1.42 bits per heavy atom. The van der Waals surface area contributed by atoms with E-state index in [2.05, 4.69) is 0 Å². The summed E-state index contributed by atoms with van der Waals surface area (Å²) in [6, 6.07) is 5.16. The predicted octanol–water partition coefficient (Wildman–Crippen LogP) is 2.00. The molecule has 1 aromatic carbocycles. The molecule has 0 aliphatic carbocycles. The standard InChI is InChI=1S/C14H11NO4/c1-2-18-14(17)10-8-15-6-7-19-11-5-3-4-9(12(11)15)13(10)16/h3-8H,2H2,1H3. The third kappa shape index (κ3) is 1.71. The average Bonchev–Trinajstić information content (AvgIpc) is 2.43. The first-order valence-corrected chi connectivity index (χ1v) is 5.90. The van der Waals surface area contributed by atoms with Crippen molar-refractivity contribution >= 4 is 23.1 Å². The van der Waals surface area contributed by atoms with Crippen molar-refractivity contribution in [3.8, 4) is 5.75 Å². The van der Waals surface area contributed by atoms with E-state index in [9.17, 15) is 9.59 Å². The molecular formula is C14H11NO4. The minimum absolute atomic E-state index is 0.0260. The van der Waals surface area contributed by atoms with Crippen molar-refractivity contribution in [2.24, 2.45) is 0 Å². The number of para-hydroxylation sites is 1. The van der Waals surface area contributed by atoms with Crippen molar-refractivity contribution in [3.05, 3.63) is 46.4 Å². The van der Waals surface area contributed by atoms with Crippen LogP contribution in [0.4, 0.5) is 0 Å². The number of hydrogen-bond acceptors (Lipinski definition) is 4. The molecule has 0 fully saturated rings. The Hall–Kier alpha value is -2.56. The van der Waals surface area contributed by atoms with Gasteiger partial charge in [-0.05, 0) is 19.1 Å². The summed E-state index contributed by atoms with van der Waals surface area (Å²) in [4.78, 5) is 24.1. The summed E-state index contributed by atoms with van der Waals surface area (Å²) in [5.41, 5.74) is 0.339. The van der Waals surface area contributed by atoms with Crippen LogP contribution in [0.15, 0.2) is 35.5 Å². The Bertz CT molecular complexity index is 758. The molecule has 0 spiro atoms. The second-order valence-corrected chi connectivity index (χ2v) is 4.05. The molecule has 1 aliphatic heterocycles. The number of nitrogens with zero attached hydrogens (tertiary/aromatic N) is 1. The molecule has 0 bridgehead atoms. The highest BCUT2D eigenvalue weighted by atomic mass is 16.5. The summed E-state index contributed by atoms with van der Waals surface area (Å²) in [6.45, 7) is 1.93. The van der Waals surface area contributed by atoms with Gasteiger partial charge in [-0.25, -0.2) is 4.79 Å².